The number of nitrogens with zero attached hydrogens (tertiary/aromatic N) is 1. The van der Waals surface area contributed by atoms with Gasteiger partial charge in [-0.3, -0.25) is 0 Å². The van der Waals surface area contributed by atoms with E-state index in [-0.39, 0.29) is 0 Å². The summed E-state index contributed by atoms with van der Waals surface area (Å²) >= 11 is 0. The minimum atomic E-state index is 1.17. The van der Waals surface area contributed by atoms with Crippen LogP contribution in [0.4, 0.5) is 0 Å². The lowest BCUT2D eigenvalue weighted by atomic mass is 10.2. The second-order valence-electron chi connectivity index (χ2n) is 2.62. The van der Waals surface area contributed by atoms with Gasteiger partial charge in [0.05, 0.1) is 7.05 Å². The molecule has 0 saturated heterocycles. The first-order valence-electron chi connectivity index (χ1n) is 3.86. The van der Waals surface area contributed by atoms with E-state index < -0.39 is 0 Å². The summed E-state index contributed by atoms with van der Waals surface area (Å²) in [5.74, 6) is 1.32. The van der Waals surface area contributed by atoms with E-state index in [9.17, 15) is 0 Å². The average molecular weight is 139 g/mol. The van der Waals surface area contributed by atoms with Crippen molar-refractivity contribution >= 4 is 0 Å². The zero-order chi connectivity index (χ0) is 7.40. The maximum absolute atomic E-state index is 3.20. The molecule has 0 aromatic carbocycles. The molecule has 0 aliphatic rings. The number of aromatic amines is 1. The molecule has 1 rings (SSSR count). The van der Waals surface area contributed by atoms with Crippen molar-refractivity contribution in [1.29, 1.82) is 0 Å². The van der Waals surface area contributed by atoms with Gasteiger partial charge in [0.15, 0.2) is 0 Å². The van der Waals surface area contributed by atoms with Crippen LogP contribution in [0.15, 0.2) is 12.4 Å². The molecule has 0 bridgehead atoms. The van der Waals surface area contributed by atoms with Crippen molar-refractivity contribution in [2.24, 2.45) is 7.05 Å². The summed E-state index contributed by atoms with van der Waals surface area (Å²) in [6.45, 7) is 2.21. The van der Waals surface area contributed by atoms with Gasteiger partial charge in [-0.1, -0.05) is 13.3 Å². The fourth-order valence-electron chi connectivity index (χ4n) is 1.03. The zero-order valence-corrected chi connectivity index (χ0v) is 6.72. The highest BCUT2D eigenvalue weighted by atomic mass is 15.0. The molecule has 2 heteroatoms. The first-order chi connectivity index (χ1) is 4.84. The molecule has 1 heterocycles. The van der Waals surface area contributed by atoms with Crippen molar-refractivity contribution in [3.63, 3.8) is 0 Å². The van der Waals surface area contributed by atoms with Crippen molar-refractivity contribution in [3.8, 4) is 0 Å². The van der Waals surface area contributed by atoms with Gasteiger partial charge in [-0.2, -0.15) is 0 Å². The Balaban J connectivity index is 2.49. The molecule has 0 unspecified atom stereocenters. The van der Waals surface area contributed by atoms with E-state index >= 15 is 0 Å². The molecule has 0 atom stereocenters. The van der Waals surface area contributed by atoms with E-state index in [0.29, 0.717) is 0 Å². The number of aromatic nitrogens is 2. The zero-order valence-electron chi connectivity index (χ0n) is 6.72. The van der Waals surface area contributed by atoms with Gasteiger partial charge in [0, 0.05) is 6.42 Å². The van der Waals surface area contributed by atoms with Crippen LogP contribution in [-0.2, 0) is 13.5 Å². The maximum Gasteiger partial charge on any atom is 0.253 e. The molecular formula is C8H15N2+. The lowest BCUT2D eigenvalue weighted by Gasteiger charge is -1.91. The van der Waals surface area contributed by atoms with Crippen molar-refractivity contribution in [2.45, 2.75) is 26.2 Å². The van der Waals surface area contributed by atoms with Gasteiger partial charge >= 0.3 is 0 Å². The molecule has 10 heavy (non-hydrogen) atoms. The Labute approximate surface area is 61.9 Å². The van der Waals surface area contributed by atoms with E-state index in [1.165, 1.54) is 25.1 Å². The lowest BCUT2D eigenvalue weighted by molar-refractivity contribution is -0.677. The van der Waals surface area contributed by atoms with Gasteiger partial charge in [0.1, 0.15) is 12.4 Å². The molecule has 0 fully saturated rings. The summed E-state index contributed by atoms with van der Waals surface area (Å²) in [5.41, 5.74) is 0. The molecule has 0 radical (unpaired) electrons. The van der Waals surface area contributed by atoms with Crippen LogP contribution in [0.5, 0.6) is 0 Å². The van der Waals surface area contributed by atoms with Gasteiger partial charge in [0.2, 0.25) is 0 Å². The number of rotatable bonds is 3. The molecule has 2 nitrogen and oxygen atoms in total. The fraction of sp³-hybridized carbons (Fsp3) is 0.625. The van der Waals surface area contributed by atoms with Crippen molar-refractivity contribution in [2.75, 3.05) is 0 Å². The van der Waals surface area contributed by atoms with Gasteiger partial charge < -0.3 is 0 Å². The van der Waals surface area contributed by atoms with Gasteiger partial charge in [0.25, 0.3) is 5.82 Å². The summed E-state index contributed by atoms with van der Waals surface area (Å²) in [7, 11) is 2.07. The number of imidazole rings is 1. The number of nitrogens with one attached hydrogen (secondary N) is 1. The molecule has 56 valence electrons. The van der Waals surface area contributed by atoms with Crippen LogP contribution in [0.25, 0.3) is 0 Å². The number of hydrogen-bond donors (Lipinski definition) is 1. The van der Waals surface area contributed by atoms with Gasteiger partial charge in [-0.25, -0.2) is 9.55 Å². The number of hydrogen-bond acceptors (Lipinski definition) is 0. The maximum atomic E-state index is 3.20. The lowest BCUT2D eigenvalue weighted by Crippen LogP contribution is -2.30. The predicted octanol–water partition coefficient (Wildman–Crippen LogP) is 1.18. The summed E-state index contributed by atoms with van der Waals surface area (Å²) in [6, 6.07) is 0. The quantitative estimate of drug-likeness (QED) is 0.607. The molecule has 0 saturated carbocycles. The van der Waals surface area contributed by atoms with Crippen LogP contribution in [0.2, 0.25) is 0 Å². The first kappa shape index (κ1) is 7.32. The Morgan fingerprint density at radius 2 is 2.40 bits per heavy atom. The van der Waals surface area contributed by atoms with Crippen molar-refractivity contribution in [3.05, 3.63) is 18.2 Å². The highest BCUT2D eigenvalue weighted by Gasteiger charge is 2.03. The van der Waals surface area contributed by atoms with Crippen LogP contribution in [0.3, 0.4) is 0 Å². The third-order valence-corrected chi connectivity index (χ3v) is 1.74. The van der Waals surface area contributed by atoms with Crippen LogP contribution in [0, 0.1) is 0 Å². The molecule has 0 amide bonds. The second kappa shape index (κ2) is 3.40. The van der Waals surface area contributed by atoms with E-state index in [1.807, 2.05) is 12.4 Å². The minimum Gasteiger partial charge on any atom is -0.248 e. The van der Waals surface area contributed by atoms with Crippen LogP contribution >= 0.6 is 0 Å². The van der Waals surface area contributed by atoms with Crippen LogP contribution in [-0.4, -0.2) is 4.98 Å². The normalized spacial score (nSPS) is 10.2. The Bertz CT molecular complexity index is 191. The Morgan fingerprint density at radius 3 is 2.90 bits per heavy atom. The summed E-state index contributed by atoms with van der Waals surface area (Å²) in [6.07, 6.45) is 7.73. The highest BCUT2D eigenvalue weighted by molar-refractivity contribution is 4.76. The fourth-order valence-corrected chi connectivity index (χ4v) is 1.03. The molecule has 0 spiro atoms. The Kier molecular flexibility index (Phi) is 2.49. The average Bonchev–Trinajstić information content (AvgIpc) is 2.31. The summed E-state index contributed by atoms with van der Waals surface area (Å²) < 4.78 is 2.13. The molecule has 0 aliphatic heterocycles. The number of H-pyrrole nitrogens is 1. The van der Waals surface area contributed by atoms with Crippen molar-refractivity contribution < 1.29 is 4.57 Å². The highest BCUT2D eigenvalue weighted by Crippen LogP contribution is 1.94. The third-order valence-electron chi connectivity index (χ3n) is 1.74. The molecular weight excluding hydrogens is 124 g/mol. The van der Waals surface area contributed by atoms with Crippen LogP contribution in [0.1, 0.15) is 25.6 Å². The first-order valence-corrected chi connectivity index (χ1v) is 3.86. The van der Waals surface area contributed by atoms with E-state index in [2.05, 4.69) is 23.5 Å². The SMILES string of the molecule is CCCCc1[nH]cc[n+]1C. The Morgan fingerprint density at radius 1 is 1.60 bits per heavy atom. The topological polar surface area (TPSA) is 19.7 Å². The summed E-state index contributed by atoms with van der Waals surface area (Å²) in [4.78, 5) is 3.20. The number of aryl methyl sites for hydroxylation is 2. The largest absolute Gasteiger partial charge is 0.253 e. The van der Waals surface area contributed by atoms with Crippen LogP contribution < -0.4 is 4.57 Å². The Hall–Kier alpha value is -0.790. The van der Waals surface area contributed by atoms with Crippen molar-refractivity contribution in [1.82, 2.24) is 4.98 Å². The van der Waals surface area contributed by atoms with E-state index in [0.717, 1.165) is 0 Å². The standard InChI is InChI=1S/C8H14N2/c1-3-4-5-8-9-6-7-10(8)2/h6-7H,3-5H2,1-2H3/p+1. The smallest absolute Gasteiger partial charge is 0.248 e. The van der Waals surface area contributed by atoms with Gasteiger partial charge in [-0.15, -0.1) is 0 Å². The molecule has 0 aliphatic carbocycles. The summed E-state index contributed by atoms with van der Waals surface area (Å²) in [5, 5.41) is 0. The van der Waals surface area contributed by atoms with E-state index in [4.69, 9.17) is 0 Å². The molecule has 1 aromatic rings. The molecule has 1 aromatic heterocycles. The minimum absolute atomic E-state index is 1.17. The molecule has 1 N–H and O–H groups in total. The number of unbranched alkanes of at least 4 members (excludes halogenated alkanes) is 1. The third kappa shape index (κ3) is 1.59. The van der Waals surface area contributed by atoms with Gasteiger partial charge in [-0.05, 0) is 6.42 Å². The van der Waals surface area contributed by atoms with E-state index in [1.54, 1.807) is 0 Å². The second-order valence-corrected chi connectivity index (χ2v) is 2.62. The monoisotopic (exact) mass is 139 g/mol. The predicted molar refractivity (Wildman–Crippen MR) is 40.6 cm³/mol.